The van der Waals surface area contributed by atoms with Crippen molar-refractivity contribution in [3.63, 3.8) is 0 Å². The van der Waals surface area contributed by atoms with E-state index in [9.17, 15) is 9.90 Å². The minimum absolute atomic E-state index is 0.0993. The van der Waals surface area contributed by atoms with Crippen molar-refractivity contribution in [2.24, 2.45) is 5.73 Å². The van der Waals surface area contributed by atoms with Gasteiger partial charge < -0.3 is 21.3 Å². The van der Waals surface area contributed by atoms with E-state index in [0.29, 0.717) is 30.0 Å². The molecule has 7 nitrogen and oxygen atoms in total. The first-order valence-electron chi connectivity index (χ1n) is 10.1. The Balaban J connectivity index is 1.93. The molecule has 0 spiro atoms. The highest BCUT2D eigenvalue weighted by atomic mass is 16.3. The van der Waals surface area contributed by atoms with Crippen LogP contribution in [0.3, 0.4) is 0 Å². The molecule has 0 atom stereocenters. The second kappa shape index (κ2) is 9.59. The van der Waals surface area contributed by atoms with E-state index in [1.54, 1.807) is 12.1 Å². The summed E-state index contributed by atoms with van der Waals surface area (Å²) in [6, 6.07) is 11.3. The average Bonchev–Trinajstić information content (AvgIpc) is 2.74. The second-order valence-electron chi connectivity index (χ2n) is 7.65. The normalized spacial score (nSPS) is 11.7. The Labute approximate surface area is 181 Å². The fourth-order valence-electron chi connectivity index (χ4n) is 3.44. The molecule has 6 N–H and O–H groups in total. The Morgan fingerprint density at radius 2 is 1.84 bits per heavy atom. The third kappa shape index (κ3) is 5.20. The number of nitrogens with two attached hydrogens (primary N) is 1. The lowest BCUT2D eigenvalue weighted by Gasteiger charge is -2.10. The van der Waals surface area contributed by atoms with Gasteiger partial charge in [0.05, 0.1) is 17.9 Å². The summed E-state index contributed by atoms with van der Waals surface area (Å²) in [6.45, 7) is 6.93. The summed E-state index contributed by atoms with van der Waals surface area (Å²) in [6.07, 6.45) is 1.78. The fourth-order valence-corrected chi connectivity index (χ4v) is 3.44. The van der Waals surface area contributed by atoms with E-state index in [-0.39, 0.29) is 17.9 Å². The molecule has 0 saturated heterocycles. The number of phenols is 1. The molecule has 3 rings (SSSR count). The van der Waals surface area contributed by atoms with Gasteiger partial charge in [0.2, 0.25) is 0 Å². The molecule has 162 valence electrons. The average molecular weight is 421 g/mol. The fraction of sp³-hybridized carbons (Fsp3) is 0.250. The van der Waals surface area contributed by atoms with Crippen LogP contribution in [0.5, 0.6) is 5.75 Å². The Morgan fingerprint density at radius 1 is 1.13 bits per heavy atom. The summed E-state index contributed by atoms with van der Waals surface area (Å²) in [7, 11) is 0. The predicted octanol–water partition coefficient (Wildman–Crippen LogP) is 2.61. The van der Waals surface area contributed by atoms with E-state index >= 15 is 0 Å². The molecule has 0 amide bonds. The Kier molecular flexibility index (Phi) is 6.89. The zero-order valence-corrected chi connectivity index (χ0v) is 18.0. The first-order valence-corrected chi connectivity index (χ1v) is 10.1. The van der Waals surface area contributed by atoms with Crippen LogP contribution in [-0.4, -0.2) is 33.6 Å². The quantitative estimate of drug-likeness (QED) is 0.374. The topological polar surface area (TPSA) is 124 Å². The first kappa shape index (κ1) is 22.3. The van der Waals surface area contributed by atoms with E-state index in [2.05, 4.69) is 15.5 Å². The number of aliphatic hydroxyl groups is 1. The molecule has 7 heteroatoms. The van der Waals surface area contributed by atoms with Crippen molar-refractivity contribution < 1.29 is 10.2 Å². The van der Waals surface area contributed by atoms with Crippen molar-refractivity contribution in [3.05, 3.63) is 80.1 Å². The number of hydrogen-bond acceptors (Lipinski definition) is 6. The van der Waals surface area contributed by atoms with Crippen LogP contribution in [0.25, 0.3) is 23.0 Å². The van der Waals surface area contributed by atoms with Crippen LogP contribution in [0.1, 0.15) is 33.4 Å². The lowest BCUT2D eigenvalue weighted by molar-refractivity contribution is 0.292. The van der Waals surface area contributed by atoms with Crippen molar-refractivity contribution >= 4 is 11.8 Å². The lowest BCUT2D eigenvalue weighted by atomic mass is 10.0. The number of aliphatic hydroxyl groups excluding tert-OH is 1. The maximum Gasteiger partial charge on any atom is 0.273 e. The summed E-state index contributed by atoms with van der Waals surface area (Å²) < 4.78 is 0. The lowest BCUT2D eigenvalue weighted by Crippen LogP contribution is -2.17. The van der Waals surface area contributed by atoms with Crippen molar-refractivity contribution in [1.29, 1.82) is 0 Å². The molecule has 31 heavy (non-hydrogen) atoms. The molecule has 2 aromatic carbocycles. The van der Waals surface area contributed by atoms with Crippen molar-refractivity contribution in [2.45, 2.75) is 27.3 Å². The molecule has 0 bridgehead atoms. The number of nitrogens with one attached hydrogen (secondary N) is 2. The first-order chi connectivity index (χ1) is 14.8. The summed E-state index contributed by atoms with van der Waals surface area (Å²) in [5.41, 5.74) is 12.5. The molecule has 0 fully saturated rings. The number of phenolic OH excluding ortho intramolecular Hbond substituents is 1. The molecule has 0 saturated carbocycles. The van der Waals surface area contributed by atoms with Crippen LogP contribution in [0.4, 0.5) is 0 Å². The van der Waals surface area contributed by atoms with Gasteiger partial charge in [-0.15, -0.1) is 0 Å². The summed E-state index contributed by atoms with van der Waals surface area (Å²) in [5, 5.41) is 28.7. The molecule has 1 aromatic heterocycles. The van der Waals surface area contributed by atoms with Gasteiger partial charge in [0.25, 0.3) is 5.56 Å². The zero-order valence-electron chi connectivity index (χ0n) is 18.0. The Hall–Kier alpha value is -3.42. The van der Waals surface area contributed by atoms with Gasteiger partial charge in [-0.2, -0.15) is 5.10 Å². The molecular formula is C24H28N4O3. The minimum Gasteiger partial charge on any atom is -0.507 e. The van der Waals surface area contributed by atoms with Crippen molar-refractivity contribution in [2.75, 3.05) is 13.2 Å². The summed E-state index contributed by atoms with van der Waals surface area (Å²) in [4.78, 5) is 12.4. The largest absolute Gasteiger partial charge is 0.507 e. The predicted molar refractivity (Wildman–Crippen MR) is 123 cm³/mol. The molecule has 0 radical (unpaired) electrons. The molecule has 0 aliphatic heterocycles. The van der Waals surface area contributed by atoms with Crippen LogP contribution in [-0.2, 0) is 6.54 Å². The molecular weight excluding hydrogens is 392 g/mol. The molecule has 0 aliphatic rings. The van der Waals surface area contributed by atoms with E-state index in [4.69, 9.17) is 10.8 Å². The number of aromatic amines is 1. The standard InChI is InChI=1S/C24H28N4O3/c1-14-8-17(13-26-6-7-29)4-5-18(14)11-21(25)20-12-22(27-28-24(20)31)19-9-15(2)23(30)16(3)10-19/h4-5,8-12,26,29-30H,6-7,13,25H2,1-3H3,(H,28,31)/b21-11-. The molecule has 3 aromatic rings. The van der Waals surface area contributed by atoms with Gasteiger partial charge >= 0.3 is 0 Å². The van der Waals surface area contributed by atoms with E-state index in [1.807, 2.05) is 51.1 Å². The van der Waals surface area contributed by atoms with E-state index in [0.717, 1.165) is 33.4 Å². The van der Waals surface area contributed by atoms with Crippen LogP contribution in [0.2, 0.25) is 0 Å². The second-order valence-corrected chi connectivity index (χ2v) is 7.65. The summed E-state index contributed by atoms with van der Waals surface area (Å²) >= 11 is 0. The maximum atomic E-state index is 12.4. The van der Waals surface area contributed by atoms with Crippen LogP contribution in [0.15, 0.2) is 41.2 Å². The molecule has 0 unspecified atom stereocenters. The minimum atomic E-state index is -0.368. The van der Waals surface area contributed by atoms with Crippen LogP contribution in [0, 0.1) is 20.8 Å². The smallest absolute Gasteiger partial charge is 0.273 e. The highest BCUT2D eigenvalue weighted by molar-refractivity contribution is 5.81. The molecule has 1 heterocycles. The third-order valence-corrected chi connectivity index (χ3v) is 5.16. The van der Waals surface area contributed by atoms with Gasteiger partial charge in [0, 0.05) is 24.4 Å². The molecule has 0 aliphatic carbocycles. The van der Waals surface area contributed by atoms with E-state index < -0.39 is 0 Å². The Bertz CT molecular complexity index is 1160. The Morgan fingerprint density at radius 3 is 2.48 bits per heavy atom. The van der Waals surface area contributed by atoms with E-state index in [1.165, 1.54) is 0 Å². The van der Waals surface area contributed by atoms with Gasteiger partial charge in [-0.25, -0.2) is 5.10 Å². The van der Waals surface area contributed by atoms with Gasteiger partial charge in [-0.1, -0.05) is 18.2 Å². The number of aryl methyl sites for hydroxylation is 3. The van der Waals surface area contributed by atoms with Crippen molar-refractivity contribution in [1.82, 2.24) is 15.5 Å². The van der Waals surface area contributed by atoms with Gasteiger partial charge in [-0.05, 0) is 72.9 Å². The maximum absolute atomic E-state index is 12.4. The third-order valence-electron chi connectivity index (χ3n) is 5.16. The number of hydrogen-bond donors (Lipinski definition) is 5. The monoisotopic (exact) mass is 420 g/mol. The van der Waals surface area contributed by atoms with Gasteiger partial charge in [-0.3, -0.25) is 4.79 Å². The number of nitrogens with zero attached hydrogens (tertiary/aromatic N) is 1. The number of benzene rings is 2. The number of aromatic hydroxyl groups is 1. The van der Waals surface area contributed by atoms with Gasteiger partial charge in [0.1, 0.15) is 5.75 Å². The number of rotatable bonds is 7. The zero-order chi connectivity index (χ0) is 22.5. The van der Waals surface area contributed by atoms with Crippen LogP contribution < -0.4 is 16.6 Å². The summed E-state index contributed by atoms with van der Waals surface area (Å²) in [5.74, 6) is 0.248. The number of H-pyrrole nitrogens is 1. The van der Waals surface area contributed by atoms with Gasteiger partial charge in [0.15, 0.2) is 0 Å². The highest BCUT2D eigenvalue weighted by Crippen LogP contribution is 2.28. The highest BCUT2D eigenvalue weighted by Gasteiger charge is 2.11. The van der Waals surface area contributed by atoms with Crippen molar-refractivity contribution in [3.8, 4) is 17.0 Å². The van der Waals surface area contributed by atoms with Crippen LogP contribution >= 0.6 is 0 Å². The SMILES string of the molecule is Cc1cc(CNCCO)ccc1/C=C(\N)c1cc(-c2cc(C)c(O)c(C)c2)n[nH]c1=O. The number of aromatic nitrogens is 2.